The summed E-state index contributed by atoms with van der Waals surface area (Å²) < 4.78 is 53.3. The van der Waals surface area contributed by atoms with E-state index in [9.17, 15) is 31.9 Å². The van der Waals surface area contributed by atoms with E-state index in [1.807, 2.05) is 0 Å². The molecule has 1 aliphatic carbocycles. The normalized spacial score (nSPS) is 18.9. The third kappa shape index (κ3) is 6.56. The van der Waals surface area contributed by atoms with Crippen molar-refractivity contribution in [3.8, 4) is 0 Å². The summed E-state index contributed by atoms with van der Waals surface area (Å²) in [6.45, 7) is 1.75. The van der Waals surface area contributed by atoms with Crippen molar-refractivity contribution in [3.05, 3.63) is 65.0 Å². The molecule has 1 aliphatic heterocycles. The van der Waals surface area contributed by atoms with Gasteiger partial charge in [0, 0.05) is 29.4 Å². The van der Waals surface area contributed by atoms with E-state index in [2.05, 4.69) is 15.6 Å². The second-order valence-corrected chi connectivity index (χ2v) is 9.83. The first kappa shape index (κ1) is 27.3. The first-order chi connectivity index (χ1) is 17.9. The Bertz CT molecular complexity index is 1270. The van der Waals surface area contributed by atoms with E-state index in [1.165, 1.54) is 18.2 Å². The highest BCUT2D eigenvalue weighted by Crippen LogP contribution is 2.39. The molecule has 4 N–H and O–H groups in total. The van der Waals surface area contributed by atoms with Gasteiger partial charge in [0.2, 0.25) is 18.0 Å². The molecule has 1 fully saturated rings. The van der Waals surface area contributed by atoms with E-state index >= 15 is 0 Å². The summed E-state index contributed by atoms with van der Waals surface area (Å²) in [5.41, 5.74) is 7.65. The van der Waals surface area contributed by atoms with Gasteiger partial charge in [-0.05, 0) is 43.4 Å². The SMILES string of the molecule is Cc1cccc2c1NC(=O)[C@@H](NC(=O)[C@H](CCC(F)(F)F)[C@H](CC1CC1)C(N)=O)N=C2c1cccc(F)c1. The van der Waals surface area contributed by atoms with Gasteiger partial charge in [0.25, 0.3) is 5.91 Å². The molecule has 202 valence electrons. The molecule has 1 saturated carbocycles. The minimum atomic E-state index is -4.55. The number of carbonyl (C=O) groups is 3. The summed E-state index contributed by atoms with van der Waals surface area (Å²) >= 11 is 0. The summed E-state index contributed by atoms with van der Waals surface area (Å²) in [5, 5.41) is 5.15. The van der Waals surface area contributed by atoms with Gasteiger partial charge in [0.05, 0.1) is 11.4 Å². The van der Waals surface area contributed by atoms with E-state index < -0.39 is 60.6 Å². The molecule has 3 amide bonds. The number of carbonyl (C=O) groups excluding carboxylic acids is 3. The van der Waals surface area contributed by atoms with Crippen molar-refractivity contribution in [3.63, 3.8) is 0 Å². The lowest BCUT2D eigenvalue weighted by molar-refractivity contribution is -0.146. The van der Waals surface area contributed by atoms with E-state index in [0.29, 0.717) is 22.4 Å². The van der Waals surface area contributed by atoms with Crippen LogP contribution in [0.15, 0.2) is 47.5 Å². The summed E-state index contributed by atoms with van der Waals surface area (Å²) in [6, 6.07) is 10.7. The minimum absolute atomic E-state index is 0.116. The van der Waals surface area contributed by atoms with Crippen molar-refractivity contribution in [2.24, 2.45) is 28.5 Å². The number of primary amides is 1. The van der Waals surface area contributed by atoms with Crippen LogP contribution in [0.5, 0.6) is 0 Å². The molecule has 0 unspecified atom stereocenters. The summed E-state index contributed by atoms with van der Waals surface area (Å²) in [6.07, 6.45) is -6.24. The van der Waals surface area contributed by atoms with Crippen LogP contribution in [0.25, 0.3) is 0 Å². The average molecular weight is 533 g/mol. The number of benzodiazepines with no additional fused rings is 1. The fourth-order valence-electron chi connectivity index (χ4n) is 4.71. The number of aliphatic imine (C=N–C) groups is 1. The van der Waals surface area contributed by atoms with Gasteiger partial charge in [0.15, 0.2) is 0 Å². The number of rotatable bonds is 9. The van der Waals surface area contributed by atoms with Crippen LogP contribution >= 0.6 is 0 Å². The molecule has 0 spiro atoms. The minimum Gasteiger partial charge on any atom is -0.369 e. The number of hydrogen-bond donors (Lipinski definition) is 3. The largest absolute Gasteiger partial charge is 0.389 e. The number of aryl methyl sites for hydroxylation is 1. The number of para-hydroxylation sites is 1. The van der Waals surface area contributed by atoms with Crippen LogP contribution in [0.2, 0.25) is 0 Å². The smallest absolute Gasteiger partial charge is 0.369 e. The zero-order valence-corrected chi connectivity index (χ0v) is 20.6. The number of hydrogen-bond acceptors (Lipinski definition) is 4. The molecule has 11 heteroatoms. The molecule has 38 heavy (non-hydrogen) atoms. The molecular formula is C27H28F4N4O3. The van der Waals surface area contributed by atoms with Crippen LogP contribution in [0.3, 0.4) is 0 Å². The molecule has 2 aromatic rings. The zero-order valence-electron chi connectivity index (χ0n) is 20.6. The maximum Gasteiger partial charge on any atom is 0.389 e. The van der Waals surface area contributed by atoms with Gasteiger partial charge in [-0.25, -0.2) is 9.38 Å². The maximum absolute atomic E-state index is 14.1. The van der Waals surface area contributed by atoms with Crippen molar-refractivity contribution in [2.75, 3.05) is 5.32 Å². The van der Waals surface area contributed by atoms with Gasteiger partial charge in [-0.3, -0.25) is 14.4 Å². The first-order valence-corrected chi connectivity index (χ1v) is 12.3. The van der Waals surface area contributed by atoms with Gasteiger partial charge in [-0.2, -0.15) is 13.2 Å². The molecule has 7 nitrogen and oxygen atoms in total. The number of nitrogens with one attached hydrogen (secondary N) is 2. The van der Waals surface area contributed by atoms with Crippen molar-refractivity contribution >= 4 is 29.1 Å². The predicted molar refractivity (Wildman–Crippen MR) is 133 cm³/mol. The lowest BCUT2D eigenvalue weighted by Gasteiger charge is -2.26. The molecule has 2 aromatic carbocycles. The van der Waals surface area contributed by atoms with Crippen molar-refractivity contribution < 1.29 is 31.9 Å². The summed E-state index contributed by atoms with van der Waals surface area (Å²) in [7, 11) is 0. The number of nitrogens with zero attached hydrogens (tertiary/aromatic N) is 1. The van der Waals surface area contributed by atoms with Crippen LogP contribution in [0.4, 0.5) is 23.2 Å². The standard InChI is InChI=1S/C27H28F4N4O3/c1-14-4-2-7-19-21(14)34-26(38)24(33-22(19)16-5-3-6-17(28)13-16)35-25(37)18(10-11-27(29,30)31)20(23(32)36)12-15-8-9-15/h2-7,13,15,18,20,24H,8-12H2,1H3,(H2,32,36)(H,34,38)(H,35,37)/t18-,20+,24-/m1/s1. The number of nitrogens with two attached hydrogens (primary N) is 1. The molecule has 0 saturated heterocycles. The fourth-order valence-corrected chi connectivity index (χ4v) is 4.71. The van der Waals surface area contributed by atoms with Gasteiger partial charge in [-0.15, -0.1) is 0 Å². The Morgan fingerprint density at radius 1 is 1.16 bits per heavy atom. The van der Waals surface area contributed by atoms with Crippen LogP contribution in [0, 0.1) is 30.5 Å². The molecule has 3 atom stereocenters. The Labute approximate surface area is 216 Å². The average Bonchev–Trinajstić information content (AvgIpc) is 3.66. The number of alkyl halides is 3. The number of amides is 3. The van der Waals surface area contributed by atoms with Crippen LogP contribution in [0.1, 0.15) is 48.8 Å². The first-order valence-electron chi connectivity index (χ1n) is 12.3. The molecular weight excluding hydrogens is 504 g/mol. The Hall–Kier alpha value is -3.76. The highest BCUT2D eigenvalue weighted by Gasteiger charge is 2.41. The monoisotopic (exact) mass is 532 g/mol. The Balaban J connectivity index is 1.69. The van der Waals surface area contributed by atoms with Gasteiger partial charge >= 0.3 is 6.18 Å². The van der Waals surface area contributed by atoms with E-state index in [-0.39, 0.29) is 18.1 Å². The lowest BCUT2D eigenvalue weighted by Crippen LogP contribution is -2.48. The maximum atomic E-state index is 14.1. The number of fused-ring (bicyclic) bond motifs is 1. The van der Waals surface area contributed by atoms with Crippen LogP contribution < -0.4 is 16.4 Å². The molecule has 0 bridgehead atoms. The second kappa shape index (κ2) is 10.9. The fraction of sp³-hybridized carbons (Fsp3) is 0.407. The molecule has 0 radical (unpaired) electrons. The van der Waals surface area contributed by atoms with E-state index in [1.54, 1.807) is 31.2 Å². The van der Waals surface area contributed by atoms with Crippen molar-refractivity contribution in [1.29, 1.82) is 0 Å². The second-order valence-electron chi connectivity index (χ2n) is 9.83. The molecule has 1 heterocycles. The highest BCUT2D eigenvalue weighted by atomic mass is 19.4. The number of halogens is 4. The van der Waals surface area contributed by atoms with Crippen molar-refractivity contribution in [2.45, 2.75) is 51.4 Å². The summed E-state index contributed by atoms with van der Waals surface area (Å²) in [5.74, 6) is -5.47. The highest BCUT2D eigenvalue weighted by molar-refractivity contribution is 6.20. The molecule has 4 rings (SSSR count). The Morgan fingerprint density at radius 3 is 2.50 bits per heavy atom. The van der Waals surface area contributed by atoms with E-state index in [0.717, 1.165) is 12.8 Å². The number of benzene rings is 2. The van der Waals surface area contributed by atoms with Crippen molar-refractivity contribution in [1.82, 2.24) is 5.32 Å². The van der Waals surface area contributed by atoms with Crippen LogP contribution in [-0.4, -0.2) is 35.8 Å². The Kier molecular flexibility index (Phi) is 7.84. The van der Waals surface area contributed by atoms with Gasteiger partial charge in [-0.1, -0.05) is 43.2 Å². The third-order valence-electron chi connectivity index (χ3n) is 6.87. The zero-order chi connectivity index (χ0) is 27.6. The van der Waals surface area contributed by atoms with Gasteiger partial charge in [0.1, 0.15) is 5.82 Å². The van der Waals surface area contributed by atoms with E-state index in [4.69, 9.17) is 5.73 Å². The van der Waals surface area contributed by atoms with Crippen LogP contribution in [-0.2, 0) is 14.4 Å². The lowest BCUT2D eigenvalue weighted by atomic mass is 9.83. The van der Waals surface area contributed by atoms with Gasteiger partial charge < -0.3 is 16.4 Å². The molecule has 0 aromatic heterocycles. The summed E-state index contributed by atoms with van der Waals surface area (Å²) in [4.78, 5) is 43.2. The predicted octanol–water partition coefficient (Wildman–Crippen LogP) is 4.23. The number of anilines is 1. The topological polar surface area (TPSA) is 114 Å². The quantitative estimate of drug-likeness (QED) is 0.420. The third-order valence-corrected chi connectivity index (χ3v) is 6.87. The molecule has 2 aliphatic rings. The Morgan fingerprint density at radius 2 is 1.87 bits per heavy atom.